The molecular formula is C11H11FO3. The normalized spacial score (nSPS) is 9.73. The summed E-state index contributed by atoms with van der Waals surface area (Å²) in [5.41, 5.74) is 0.341. The lowest BCUT2D eigenvalue weighted by Gasteiger charge is -2.09. The summed E-state index contributed by atoms with van der Waals surface area (Å²) in [6, 6.07) is 2.60. The van der Waals surface area contributed by atoms with Crippen LogP contribution in [0.4, 0.5) is 4.39 Å². The highest BCUT2D eigenvalue weighted by molar-refractivity contribution is 5.92. The minimum atomic E-state index is -1.21. The molecule has 1 N–H and O–H groups in total. The standard InChI is InChI=1S/C11H11FO3/c1-3-4-7-5-6-8(12)10(15-2)9(7)11(13)14/h3,5-6H,1,4H2,2H3,(H,13,14). The Morgan fingerprint density at radius 2 is 2.33 bits per heavy atom. The van der Waals surface area contributed by atoms with Crippen molar-refractivity contribution in [2.75, 3.05) is 7.11 Å². The van der Waals surface area contributed by atoms with E-state index in [1.165, 1.54) is 19.2 Å². The Morgan fingerprint density at radius 3 is 2.80 bits per heavy atom. The largest absolute Gasteiger partial charge is 0.493 e. The third-order valence-corrected chi connectivity index (χ3v) is 1.98. The summed E-state index contributed by atoms with van der Waals surface area (Å²) in [6.45, 7) is 3.51. The van der Waals surface area contributed by atoms with E-state index in [1.54, 1.807) is 6.08 Å². The second-order valence-corrected chi connectivity index (χ2v) is 2.91. The Balaban J connectivity index is 3.41. The molecule has 15 heavy (non-hydrogen) atoms. The lowest BCUT2D eigenvalue weighted by Crippen LogP contribution is -2.06. The molecule has 0 aliphatic carbocycles. The zero-order valence-electron chi connectivity index (χ0n) is 8.29. The van der Waals surface area contributed by atoms with Crippen LogP contribution in [0.2, 0.25) is 0 Å². The Hall–Kier alpha value is -1.84. The predicted octanol–water partition coefficient (Wildman–Crippen LogP) is 2.26. The fourth-order valence-corrected chi connectivity index (χ4v) is 1.36. The number of methoxy groups -OCH3 is 1. The molecule has 0 saturated heterocycles. The minimum Gasteiger partial charge on any atom is -0.493 e. The topological polar surface area (TPSA) is 46.5 Å². The zero-order valence-corrected chi connectivity index (χ0v) is 8.29. The van der Waals surface area contributed by atoms with Crippen molar-refractivity contribution in [3.8, 4) is 5.75 Å². The van der Waals surface area contributed by atoms with E-state index < -0.39 is 11.8 Å². The van der Waals surface area contributed by atoms with Crippen LogP contribution < -0.4 is 4.74 Å². The van der Waals surface area contributed by atoms with E-state index in [2.05, 4.69) is 6.58 Å². The molecule has 0 bridgehead atoms. The van der Waals surface area contributed by atoms with Gasteiger partial charge in [0.05, 0.1) is 7.11 Å². The number of carboxylic acid groups (broad SMARTS) is 1. The summed E-state index contributed by atoms with van der Waals surface area (Å²) in [5.74, 6) is -2.12. The molecule has 0 spiro atoms. The number of halogens is 1. The summed E-state index contributed by atoms with van der Waals surface area (Å²) < 4.78 is 18.0. The van der Waals surface area contributed by atoms with E-state index in [0.717, 1.165) is 0 Å². The van der Waals surface area contributed by atoms with E-state index >= 15 is 0 Å². The van der Waals surface area contributed by atoms with Gasteiger partial charge in [-0.25, -0.2) is 9.18 Å². The number of allylic oxidation sites excluding steroid dienone is 1. The first kappa shape index (κ1) is 11.2. The lowest BCUT2D eigenvalue weighted by atomic mass is 10.0. The second kappa shape index (κ2) is 4.59. The van der Waals surface area contributed by atoms with Gasteiger partial charge in [0, 0.05) is 0 Å². The molecule has 1 aromatic rings. The van der Waals surface area contributed by atoms with Crippen molar-refractivity contribution in [1.82, 2.24) is 0 Å². The smallest absolute Gasteiger partial charge is 0.339 e. The van der Waals surface area contributed by atoms with Crippen LogP contribution >= 0.6 is 0 Å². The van der Waals surface area contributed by atoms with Gasteiger partial charge in [-0.05, 0) is 18.1 Å². The van der Waals surface area contributed by atoms with E-state index in [9.17, 15) is 9.18 Å². The zero-order chi connectivity index (χ0) is 11.4. The highest BCUT2D eigenvalue weighted by Gasteiger charge is 2.19. The van der Waals surface area contributed by atoms with Gasteiger partial charge in [-0.15, -0.1) is 6.58 Å². The van der Waals surface area contributed by atoms with Gasteiger partial charge in [0.15, 0.2) is 11.6 Å². The Labute approximate surface area is 86.8 Å². The van der Waals surface area contributed by atoms with Crippen LogP contribution in [0, 0.1) is 5.82 Å². The van der Waals surface area contributed by atoms with Gasteiger partial charge in [0.2, 0.25) is 0 Å². The van der Waals surface area contributed by atoms with Crippen molar-refractivity contribution in [2.45, 2.75) is 6.42 Å². The van der Waals surface area contributed by atoms with Crippen LogP contribution in [0.5, 0.6) is 5.75 Å². The number of rotatable bonds is 4. The average Bonchev–Trinajstić information content (AvgIpc) is 2.20. The Kier molecular flexibility index (Phi) is 3.44. The molecule has 0 fully saturated rings. The molecule has 0 heterocycles. The Bertz CT molecular complexity index is 399. The molecule has 1 rings (SSSR count). The maximum Gasteiger partial charge on any atom is 0.339 e. The second-order valence-electron chi connectivity index (χ2n) is 2.91. The van der Waals surface area contributed by atoms with Crippen LogP contribution in [0.1, 0.15) is 15.9 Å². The van der Waals surface area contributed by atoms with Crippen molar-refractivity contribution in [2.24, 2.45) is 0 Å². The van der Waals surface area contributed by atoms with E-state index in [4.69, 9.17) is 9.84 Å². The minimum absolute atomic E-state index is 0.141. The monoisotopic (exact) mass is 210 g/mol. The van der Waals surface area contributed by atoms with Gasteiger partial charge < -0.3 is 9.84 Å². The van der Waals surface area contributed by atoms with Gasteiger partial charge in [-0.3, -0.25) is 0 Å². The summed E-state index contributed by atoms with van der Waals surface area (Å²) in [4.78, 5) is 10.9. The molecule has 0 radical (unpaired) electrons. The number of aromatic carboxylic acids is 1. The number of carboxylic acids is 1. The first-order valence-electron chi connectivity index (χ1n) is 4.31. The van der Waals surface area contributed by atoms with Gasteiger partial charge in [-0.2, -0.15) is 0 Å². The van der Waals surface area contributed by atoms with Crippen LogP contribution in [-0.4, -0.2) is 18.2 Å². The van der Waals surface area contributed by atoms with Crippen LogP contribution in [0.25, 0.3) is 0 Å². The highest BCUT2D eigenvalue weighted by Crippen LogP contribution is 2.26. The van der Waals surface area contributed by atoms with Gasteiger partial charge in [0.25, 0.3) is 0 Å². The molecule has 0 amide bonds. The molecule has 0 saturated carbocycles. The average molecular weight is 210 g/mol. The van der Waals surface area contributed by atoms with Crippen molar-refractivity contribution < 1.29 is 19.0 Å². The number of carbonyl (C=O) groups is 1. The molecule has 80 valence electrons. The number of benzene rings is 1. The van der Waals surface area contributed by atoms with Crippen LogP contribution in [0.3, 0.4) is 0 Å². The van der Waals surface area contributed by atoms with Crippen LogP contribution in [0.15, 0.2) is 24.8 Å². The van der Waals surface area contributed by atoms with E-state index in [0.29, 0.717) is 12.0 Å². The quantitative estimate of drug-likeness (QED) is 0.775. The molecule has 3 nitrogen and oxygen atoms in total. The van der Waals surface area contributed by atoms with E-state index in [1.807, 2.05) is 0 Å². The third kappa shape index (κ3) is 2.15. The fraction of sp³-hybridized carbons (Fsp3) is 0.182. The highest BCUT2D eigenvalue weighted by atomic mass is 19.1. The molecule has 0 aromatic heterocycles. The molecule has 1 aromatic carbocycles. The van der Waals surface area contributed by atoms with Crippen molar-refractivity contribution in [1.29, 1.82) is 0 Å². The van der Waals surface area contributed by atoms with Crippen molar-refractivity contribution in [3.63, 3.8) is 0 Å². The summed E-state index contributed by atoms with van der Waals surface area (Å²) in [6.07, 6.45) is 1.91. The van der Waals surface area contributed by atoms with E-state index in [-0.39, 0.29) is 11.3 Å². The molecule has 0 atom stereocenters. The van der Waals surface area contributed by atoms with Gasteiger partial charge >= 0.3 is 5.97 Å². The van der Waals surface area contributed by atoms with Crippen LogP contribution in [-0.2, 0) is 6.42 Å². The molecule has 0 unspecified atom stereocenters. The Morgan fingerprint density at radius 1 is 1.67 bits per heavy atom. The lowest BCUT2D eigenvalue weighted by molar-refractivity contribution is 0.0691. The molecule has 0 aliphatic heterocycles. The summed E-state index contributed by atoms with van der Waals surface area (Å²) >= 11 is 0. The third-order valence-electron chi connectivity index (χ3n) is 1.98. The maximum atomic E-state index is 13.2. The van der Waals surface area contributed by atoms with Crippen molar-refractivity contribution in [3.05, 3.63) is 41.7 Å². The fourth-order valence-electron chi connectivity index (χ4n) is 1.36. The number of hydrogen-bond donors (Lipinski definition) is 1. The van der Waals surface area contributed by atoms with Crippen molar-refractivity contribution >= 4 is 5.97 Å². The summed E-state index contributed by atoms with van der Waals surface area (Å²) in [7, 11) is 1.24. The van der Waals surface area contributed by atoms with Gasteiger partial charge in [-0.1, -0.05) is 12.1 Å². The number of hydrogen-bond acceptors (Lipinski definition) is 2. The summed E-state index contributed by atoms with van der Waals surface area (Å²) in [5, 5.41) is 8.95. The SMILES string of the molecule is C=CCc1ccc(F)c(OC)c1C(=O)O. The predicted molar refractivity (Wildman–Crippen MR) is 53.8 cm³/mol. The molecule has 0 aliphatic rings. The molecular weight excluding hydrogens is 199 g/mol. The first-order chi connectivity index (χ1) is 7.11. The molecule has 4 heteroatoms. The maximum absolute atomic E-state index is 13.2. The van der Waals surface area contributed by atoms with Gasteiger partial charge in [0.1, 0.15) is 5.56 Å². The first-order valence-corrected chi connectivity index (χ1v) is 4.31. The number of ether oxygens (including phenoxy) is 1.